The molecule has 1 aromatic carbocycles. The summed E-state index contributed by atoms with van der Waals surface area (Å²) in [6.07, 6.45) is 3.27. The largest absolute Gasteiger partial charge is 0.356 e. The summed E-state index contributed by atoms with van der Waals surface area (Å²) in [5.41, 5.74) is 2.48. The van der Waals surface area contributed by atoms with Crippen molar-refractivity contribution in [2.24, 2.45) is 0 Å². The Morgan fingerprint density at radius 3 is 2.79 bits per heavy atom. The minimum Gasteiger partial charge on any atom is -0.356 e. The molecular formula is C21H18FN5O. The van der Waals surface area contributed by atoms with Crippen molar-refractivity contribution in [1.82, 2.24) is 14.7 Å². The van der Waals surface area contributed by atoms with Crippen LogP contribution in [-0.2, 0) is 0 Å². The van der Waals surface area contributed by atoms with Gasteiger partial charge in [0.05, 0.1) is 11.2 Å². The molecule has 0 fully saturated rings. The van der Waals surface area contributed by atoms with Crippen molar-refractivity contribution in [3.8, 4) is 11.3 Å². The van der Waals surface area contributed by atoms with Crippen molar-refractivity contribution in [1.29, 1.82) is 10.8 Å². The molecular weight excluding hydrogens is 357 g/mol. The molecule has 0 aliphatic carbocycles. The van der Waals surface area contributed by atoms with Crippen molar-refractivity contribution in [2.45, 2.75) is 19.8 Å². The summed E-state index contributed by atoms with van der Waals surface area (Å²) < 4.78 is 20.8. The van der Waals surface area contributed by atoms with E-state index in [1.54, 1.807) is 19.2 Å². The van der Waals surface area contributed by atoms with Gasteiger partial charge in [-0.1, -0.05) is 24.2 Å². The van der Waals surface area contributed by atoms with Crippen LogP contribution in [0, 0.1) is 23.6 Å². The second-order valence-corrected chi connectivity index (χ2v) is 6.69. The van der Waals surface area contributed by atoms with E-state index in [4.69, 9.17) is 15.3 Å². The molecule has 0 aliphatic heterocycles. The van der Waals surface area contributed by atoms with Crippen LogP contribution in [-0.4, -0.2) is 20.5 Å². The highest BCUT2D eigenvalue weighted by Crippen LogP contribution is 2.24. The Kier molecular flexibility index (Phi) is 4.35. The van der Waals surface area contributed by atoms with E-state index in [2.05, 4.69) is 10.1 Å². The Morgan fingerprint density at radius 1 is 1.21 bits per heavy atom. The first kappa shape index (κ1) is 17.8. The fourth-order valence-corrected chi connectivity index (χ4v) is 3.12. The fourth-order valence-electron chi connectivity index (χ4n) is 3.12. The smallest absolute Gasteiger partial charge is 0.168 e. The van der Waals surface area contributed by atoms with Crippen molar-refractivity contribution < 1.29 is 8.91 Å². The van der Waals surface area contributed by atoms with E-state index < -0.39 is 5.82 Å². The molecule has 7 heteroatoms. The third-order valence-electron chi connectivity index (χ3n) is 4.73. The lowest BCUT2D eigenvalue weighted by Gasteiger charge is -2.17. The zero-order valence-electron chi connectivity index (χ0n) is 15.4. The fraction of sp³-hybridized carbons (Fsp3) is 0.143. The number of rotatable bonds is 3. The van der Waals surface area contributed by atoms with E-state index in [1.165, 1.54) is 16.8 Å². The number of hydrogen-bond acceptors (Lipinski definition) is 5. The zero-order valence-corrected chi connectivity index (χ0v) is 15.4. The first-order valence-electron chi connectivity index (χ1n) is 8.78. The van der Waals surface area contributed by atoms with Crippen molar-refractivity contribution >= 4 is 16.7 Å². The maximum Gasteiger partial charge on any atom is 0.168 e. The number of aromatic nitrogens is 3. The number of aryl methyl sites for hydroxylation is 1. The Hall–Kier alpha value is -3.61. The van der Waals surface area contributed by atoms with E-state index in [0.29, 0.717) is 17.0 Å². The van der Waals surface area contributed by atoms with Gasteiger partial charge in [0.25, 0.3) is 0 Å². The van der Waals surface area contributed by atoms with Gasteiger partial charge in [-0.25, -0.2) is 4.39 Å². The van der Waals surface area contributed by atoms with Crippen LogP contribution in [0.3, 0.4) is 0 Å². The quantitative estimate of drug-likeness (QED) is 0.414. The molecule has 0 spiro atoms. The molecule has 2 N–H and O–H groups in total. The molecule has 3 heterocycles. The lowest BCUT2D eigenvalue weighted by molar-refractivity contribution is 0.426. The maximum absolute atomic E-state index is 14.4. The molecule has 6 nitrogen and oxygen atoms in total. The molecule has 140 valence electrons. The van der Waals surface area contributed by atoms with E-state index in [0.717, 1.165) is 16.5 Å². The molecule has 0 amide bonds. The van der Waals surface area contributed by atoms with Crippen LogP contribution in [0.15, 0.2) is 59.4 Å². The summed E-state index contributed by atoms with van der Waals surface area (Å²) in [5, 5.41) is 21.4. The standard InChI is InChI=1S/C21H18FN5O/c1-12-8-19(28-26-12)16-10-17(22)21(24)27(11-16)20(23)13(2)14-5-6-18-15(9-14)4-3-7-25-18/h3-11,13,23-24H,1-2H3/t13-/m1/s1. The maximum atomic E-state index is 14.4. The van der Waals surface area contributed by atoms with Gasteiger partial charge in [-0.3, -0.25) is 20.4 Å². The molecule has 0 bridgehead atoms. The van der Waals surface area contributed by atoms with Crippen LogP contribution >= 0.6 is 0 Å². The molecule has 0 radical (unpaired) electrons. The molecule has 28 heavy (non-hydrogen) atoms. The number of nitrogens with one attached hydrogen (secondary N) is 2. The zero-order chi connectivity index (χ0) is 19.8. The van der Waals surface area contributed by atoms with Gasteiger partial charge >= 0.3 is 0 Å². The van der Waals surface area contributed by atoms with Gasteiger partial charge in [0.1, 0.15) is 5.84 Å². The first-order chi connectivity index (χ1) is 13.4. The number of pyridine rings is 2. The predicted molar refractivity (Wildman–Crippen MR) is 104 cm³/mol. The lowest BCUT2D eigenvalue weighted by Crippen LogP contribution is -2.31. The molecule has 0 unspecified atom stereocenters. The van der Waals surface area contributed by atoms with Crippen molar-refractivity contribution in [2.75, 3.05) is 0 Å². The lowest BCUT2D eigenvalue weighted by atomic mass is 9.97. The number of benzene rings is 1. The van der Waals surface area contributed by atoms with Gasteiger partial charge in [-0.2, -0.15) is 0 Å². The monoisotopic (exact) mass is 375 g/mol. The van der Waals surface area contributed by atoms with Gasteiger partial charge in [0, 0.05) is 35.3 Å². The van der Waals surface area contributed by atoms with Crippen LogP contribution < -0.4 is 5.49 Å². The van der Waals surface area contributed by atoms with Gasteiger partial charge in [-0.05, 0) is 36.8 Å². The molecule has 1 atom stereocenters. The van der Waals surface area contributed by atoms with Crippen LogP contribution in [0.5, 0.6) is 0 Å². The summed E-state index contributed by atoms with van der Waals surface area (Å²) in [5.74, 6) is -0.608. The van der Waals surface area contributed by atoms with Crippen LogP contribution in [0.1, 0.15) is 24.1 Å². The molecule has 3 aromatic heterocycles. The van der Waals surface area contributed by atoms with E-state index in [1.807, 2.05) is 37.3 Å². The minimum absolute atomic E-state index is 0.0882. The van der Waals surface area contributed by atoms with Crippen LogP contribution in [0.25, 0.3) is 22.2 Å². The Morgan fingerprint density at radius 2 is 2.04 bits per heavy atom. The average molecular weight is 375 g/mol. The third kappa shape index (κ3) is 3.11. The molecule has 0 aliphatic rings. The number of hydrogen-bond donors (Lipinski definition) is 2. The highest BCUT2D eigenvalue weighted by atomic mass is 19.1. The van der Waals surface area contributed by atoms with Gasteiger partial charge in [-0.15, -0.1) is 0 Å². The van der Waals surface area contributed by atoms with E-state index >= 15 is 0 Å². The summed E-state index contributed by atoms with van der Waals surface area (Å²) in [6.45, 7) is 3.63. The van der Waals surface area contributed by atoms with Gasteiger partial charge in [0.2, 0.25) is 0 Å². The topological polar surface area (TPSA) is 91.6 Å². The summed E-state index contributed by atoms with van der Waals surface area (Å²) in [7, 11) is 0. The number of halogens is 1. The normalized spacial score (nSPS) is 12.2. The number of nitrogens with zero attached hydrogens (tertiary/aromatic N) is 3. The van der Waals surface area contributed by atoms with E-state index in [9.17, 15) is 4.39 Å². The number of fused-ring (bicyclic) bond motifs is 1. The van der Waals surface area contributed by atoms with Crippen molar-refractivity contribution in [3.05, 3.63) is 77.4 Å². The second kappa shape index (κ2) is 6.84. The summed E-state index contributed by atoms with van der Waals surface area (Å²) in [6, 6.07) is 12.5. The highest BCUT2D eigenvalue weighted by molar-refractivity contribution is 5.90. The van der Waals surface area contributed by atoms with Crippen molar-refractivity contribution in [3.63, 3.8) is 0 Å². The van der Waals surface area contributed by atoms with E-state index in [-0.39, 0.29) is 17.2 Å². The second-order valence-electron chi connectivity index (χ2n) is 6.69. The summed E-state index contributed by atoms with van der Waals surface area (Å²) >= 11 is 0. The summed E-state index contributed by atoms with van der Waals surface area (Å²) in [4.78, 5) is 4.30. The van der Waals surface area contributed by atoms with Gasteiger partial charge in [0.15, 0.2) is 17.1 Å². The third-order valence-corrected chi connectivity index (χ3v) is 4.73. The first-order valence-corrected chi connectivity index (χ1v) is 8.78. The SMILES string of the molecule is Cc1cc(-c2cc(F)c(=N)n(C(=N)[C@H](C)c3ccc4ncccc4c3)c2)on1. The molecule has 4 rings (SSSR count). The van der Waals surface area contributed by atoms with Crippen LogP contribution in [0.2, 0.25) is 0 Å². The minimum atomic E-state index is -0.730. The molecule has 4 aromatic rings. The Balaban J connectivity index is 1.75. The Bertz CT molecular complexity index is 1260. The van der Waals surface area contributed by atoms with Crippen LogP contribution in [0.4, 0.5) is 4.39 Å². The molecule has 0 saturated heterocycles. The predicted octanol–water partition coefficient (Wildman–Crippen LogP) is 4.25. The van der Waals surface area contributed by atoms with Gasteiger partial charge < -0.3 is 4.52 Å². The molecule has 0 saturated carbocycles. The average Bonchev–Trinajstić information content (AvgIpc) is 3.14. The highest BCUT2D eigenvalue weighted by Gasteiger charge is 2.18. The Labute approximate surface area is 160 Å².